The molecular formula is C18H32N2. The lowest BCUT2D eigenvalue weighted by Crippen LogP contribution is -2.36. The number of nitrogens with one attached hydrogen (secondary N) is 1. The highest BCUT2D eigenvalue weighted by atomic mass is 15.1. The summed E-state index contributed by atoms with van der Waals surface area (Å²) in [7, 11) is 0. The Hall–Kier alpha value is -0.860. The Morgan fingerprint density at radius 1 is 1.00 bits per heavy atom. The first kappa shape index (κ1) is 17.2. The molecule has 114 valence electrons. The van der Waals surface area contributed by atoms with Crippen molar-refractivity contribution in [2.24, 2.45) is 5.92 Å². The Morgan fingerprint density at radius 3 is 2.10 bits per heavy atom. The van der Waals surface area contributed by atoms with Gasteiger partial charge in [-0.05, 0) is 44.0 Å². The van der Waals surface area contributed by atoms with Gasteiger partial charge in [0, 0.05) is 12.6 Å². The van der Waals surface area contributed by atoms with Gasteiger partial charge in [-0.25, -0.2) is 0 Å². The van der Waals surface area contributed by atoms with Gasteiger partial charge in [-0.1, -0.05) is 58.0 Å². The fraction of sp³-hybridized carbons (Fsp3) is 0.667. The van der Waals surface area contributed by atoms with Crippen molar-refractivity contribution in [1.82, 2.24) is 10.2 Å². The molecule has 20 heavy (non-hydrogen) atoms. The molecule has 0 saturated carbocycles. The van der Waals surface area contributed by atoms with Crippen molar-refractivity contribution in [3.63, 3.8) is 0 Å². The minimum absolute atomic E-state index is 0.456. The molecule has 2 heteroatoms. The van der Waals surface area contributed by atoms with Gasteiger partial charge in [-0.2, -0.15) is 0 Å². The molecule has 0 radical (unpaired) electrons. The molecule has 2 atom stereocenters. The number of hydrogen-bond donors (Lipinski definition) is 1. The molecule has 0 amide bonds. The summed E-state index contributed by atoms with van der Waals surface area (Å²) in [6, 6.07) is 11.3. The van der Waals surface area contributed by atoms with E-state index in [2.05, 4.69) is 68.2 Å². The van der Waals surface area contributed by atoms with E-state index in [1.807, 2.05) is 0 Å². The Labute approximate surface area is 125 Å². The average molecular weight is 276 g/mol. The van der Waals surface area contributed by atoms with Crippen LogP contribution < -0.4 is 5.32 Å². The predicted octanol–water partition coefficient (Wildman–Crippen LogP) is 4.10. The second kappa shape index (κ2) is 9.95. The van der Waals surface area contributed by atoms with Crippen LogP contribution in [-0.4, -0.2) is 31.1 Å². The lowest BCUT2D eigenvalue weighted by Gasteiger charge is -2.31. The summed E-state index contributed by atoms with van der Waals surface area (Å²) >= 11 is 0. The van der Waals surface area contributed by atoms with Crippen LogP contribution in [0.1, 0.15) is 52.1 Å². The first-order valence-corrected chi connectivity index (χ1v) is 8.23. The maximum Gasteiger partial charge on any atom is 0.0358 e. The minimum atomic E-state index is 0.456. The van der Waals surface area contributed by atoms with Crippen molar-refractivity contribution in [2.45, 2.75) is 46.6 Å². The second-order valence-corrected chi connectivity index (χ2v) is 5.72. The van der Waals surface area contributed by atoms with Gasteiger partial charge in [0.05, 0.1) is 0 Å². The first-order chi connectivity index (χ1) is 9.72. The van der Waals surface area contributed by atoms with E-state index in [0.717, 1.165) is 6.54 Å². The maximum atomic E-state index is 3.66. The van der Waals surface area contributed by atoms with Gasteiger partial charge in [0.1, 0.15) is 0 Å². The maximum absolute atomic E-state index is 3.66. The average Bonchev–Trinajstić information content (AvgIpc) is 2.46. The quantitative estimate of drug-likeness (QED) is 0.692. The molecule has 0 fully saturated rings. The SMILES string of the molecule is CCCN(CCC)CC(C)C(NCC)c1ccccc1. The molecule has 2 nitrogen and oxygen atoms in total. The van der Waals surface area contributed by atoms with Crippen molar-refractivity contribution < 1.29 is 0 Å². The highest BCUT2D eigenvalue weighted by Crippen LogP contribution is 2.22. The summed E-state index contributed by atoms with van der Waals surface area (Å²) in [4.78, 5) is 2.61. The number of rotatable bonds is 10. The highest BCUT2D eigenvalue weighted by molar-refractivity contribution is 5.19. The van der Waals surface area contributed by atoms with Crippen molar-refractivity contribution >= 4 is 0 Å². The van der Waals surface area contributed by atoms with Crippen molar-refractivity contribution in [3.05, 3.63) is 35.9 Å². The van der Waals surface area contributed by atoms with Crippen molar-refractivity contribution in [2.75, 3.05) is 26.2 Å². The highest BCUT2D eigenvalue weighted by Gasteiger charge is 2.20. The fourth-order valence-corrected chi connectivity index (χ4v) is 2.97. The number of nitrogens with zero attached hydrogens (tertiary/aromatic N) is 1. The number of benzene rings is 1. The zero-order valence-electron chi connectivity index (χ0n) is 13.7. The molecular weight excluding hydrogens is 244 g/mol. The first-order valence-electron chi connectivity index (χ1n) is 8.23. The summed E-state index contributed by atoms with van der Waals surface area (Å²) in [5.74, 6) is 0.621. The third-order valence-electron chi connectivity index (χ3n) is 3.78. The van der Waals surface area contributed by atoms with Crippen LogP contribution in [0.4, 0.5) is 0 Å². The van der Waals surface area contributed by atoms with Crippen LogP contribution in [0.3, 0.4) is 0 Å². The Balaban J connectivity index is 2.70. The molecule has 2 unspecified atom stereocenters. The van der Waals surface area contributed by atoms with Crippen LogP contribution in [0.2, 0.25) is 0 Å². The molecule has 0 saturated heterocycles. The van der Waals surface area contributed by atoms with Crippen LogP contribution >= 0.6 is 0 Å². The van der Waals surface area contributed by atoms with Gasteiger partial charge in [-0.15, -0.1) is 0 Å². The lowest BCUT2D eigenvalue weighted by atomic mass is 9.93. The van der Waals surface area contributed by atoms with Crippen LogP contribution in [-0.2, 0) is 0 Å². The van der Waals surface area contributed by atoms with Gasteiger partial charge >= 0.3 is 0 Å². The summed E-state index contributed by atoms with van der Waals surface area (Å²) in [5.41, 5.74) is 1.41. The van der Waals surface area contributed by atoms with Crippen LogP contribution in [0.15, 0.2) is 30.3 Å². The van der Waals surface area contributed by atoms with E-state index in [4.69, 9.17) is 0 Å². The molecule has 0 aliphatic heterocycles. The minimum Gasteiger partial charge on any atom is -0.310 e. The van der Waals surface area contributed by atoms with E-state index in [0.29, 0.717) is 12.0 Å². The van der Waals surface area contributed by atoms with E-state index in [1.54, 1.807) is 0 Å². The normalized spacial score (nSPS) is 14.4. The van der Waals surface area contributed by atoms with Crippen molar-refractivity contribution in [3.8, 4) is 0 Å². The molecule has 0 aliphatic rings. The largest absolute Gasteiger partial charge is 0.310 e. The monoisotopic (exact) mass is 276 g/mol. The zero-order chi connectivity index (χ0) is 14.8. The standard InChI is InChI=1S/C18H32N2/c1-5-13-20(14-6-2)15-16(4)18(19-7-3)17-11-9-8-10-12-17/h8-12,16,18-19H,5-7,13-15H2,1-4H3. The molecule has 0 aliphatic carbocycles. The summed E-state index contributed by atoms with van der Waals surface area (Å²) in [6.07, 6.45) is 2.48. The Bertz CT molecular complexity index is 331. The van der Waals surface area contributed by atoms with E-state index in [1.165, 1.54) is 38.0 Å². The van der Waals surface area contributed by atoms with Gasteiger partial charge in [-0.3, -0.25) is 0 Å². The molecule has 0 bridgehead atoms. The van der Waals surface area contributed by atoms with Gasteiger partial charge in [0.2, 0.25) is 0 Å². The molecule has 1 aromatic rings. The third-order valence-corrected chi connectivity index (χ3v) is 3.78. The van der Waals surface area contributed by atoms with Crippen LogP contribution in [0.25, 0.3) is 0 Å². The number of hydrogen-bond acceptors (Lipinski definition) is 2. The van der Waals surface area contributed by atoms with Crippen LogP contribution in [0.5, 0.6) is 0 Å². The van der Waals surface area contributed by atoms with Gasteiger partial charge < -0.3 is 10.2 Å². The second-order valence-electron chi connectivity index (χ2n) is 5.72. The smallest absolute Gasteiger partial charge is 0.0358 e. The van der Waals surface area contributed by atoms with E-state index < -0.39 is 0 Å². The molecule has 1 rings (SSSR count). The fourth-order valence-electron chi connectivity index (χ4n) is 2.97. The van der Waals surface area contributed by atoms with E-state index in [-0.39, 0.29) is 0 Å². The summed E-state index contributed by atoms with van der Waals surface area (Å²) in [5, 5.41) is 3.66. The van der Waals surface area contributed by atoms with Gasteiger partial charge in [0.25, 0.3) is 0 Å². The van der Waals surface area contributed by atoms with E-state index in [9.17, 15) is 0 Å². The molecule has 0 heterocycles. The van der Waals surface area contributed by atoms with Crippen molar-refractivity contribution in [1.29, 1.82) is 0 Å². The Morgan fingerprint density at radius 2 is 1.60 bits per heavy atom. The lowest BCUT2D eigenvalue weighted by molar-refractivity contribution is 0.211. The zero-order valence-corrected chi connectivity index (χ0v) is 13.7. The van der Waals surface area contributed by atoms with Crippen LogP contribution in [0, 0.1) is 5.92 Å². The van der Waals surface area contributed by atoms with E-state index >= 15 is 0 Å². The molecule has 1 N–H and O–H groups in total. The topological polar surface area (TPSA) is 15.3 Å². The Kier molecular flexibility index (Phi) is 8.56. The molecule has 0 spiro atoms. The molecule has 0 aromatic heterocycles. The molecule has 1 aromatic carbocycles. The summed E-state index contributed by atoms with van der Waals surface area (Å²) in [6.45, 7) is 13.7. The van der Waals surface area contributed by atoms with Gasteiger partial charge in [0.15, 0.2) is 0 Å². The predicted molar refractivity (Wildman–Crippen MR) is 89.0 cm³/mol. The summed E-state index contributed by atoms with van der Waals surface area (Å²) < 4.78 is 0. The third kappa shape index (κ3) is 5.64.